The van der Waals surface area contributed by atoms with Crippen molar-refractivity contribution in [2.24, 2.45) is 0 Å². The number of rotatable bonds is 7. The smallest absolute Gasteiger partial charge is 0.233 e. The number of carbonyl (C=O) groups is 1. The molecule has 152 valence electrons. The van der Waals surface area contributed by atoms with Gasteiger partial charge in [0.15, 0.2) is 0 Å². The van der Waals surface area contributed by atoms with Crippen molar-refractivity contribution in [2.75, 3.05) is 31.2 Å². The molecule has 1 amide bonds. The molecule has 2 heterocycles. The predicted molar refractivity (Wildman–Crippen MR) is 106 cm³/mol. The molecule has 1 fully saturated rings. The summed E-state index contributed by atoms with van der Waals surface area (Å²) in [5, 5.41) is 4.30. The molecule has 1 aliphatic heterocycles. The molecule has 0 aliphatic carbocycles. The van der Waals surface area contributed by atoms with Crippen LogP contribution in [0.1, 0.15) is 39.2 Å². The molecule has 1 saturated heterocycles. The Morgan fingerprint density at radius 2 is 1.93 bits per heavy atom. The standard InChI is InChI=1S/C21H28FN3O3/c1-4-15(3)25(19(26)5-2)14-18-20(16-6-8-17(22)9-7-16)23-28-21(18)24-10-12-27-13-11-24/h6-9,15H,4-5,10-14H2,1-3H3. The van der Waals surface area contributed by atoms with Crippen LogP contribution in [0.5, 0.6) is 0 Å². The second-order valence-electron chi connectivity index (χ2n) is 7.05. The van der Waals surface area contributed by atoms with Gasteiger partial charge in [-0.25, -0.2) is 4.39 Å². The Balaban J connectivity index is 2.02. The SMILES string of the molecule is CCC(=O)N(Cc1c(-c2ccc(F)cc2)noc1N1CCOCC1)C(C)CC. The van der Waals surface area contributed by atoms with Gasteiger partial charge in [0.1, 0.15) is 11.5 Å². The summed E-state index contributed by atoms with van der Waals surface area (Å²) in [6, 6.07) is 6.29. The van der Waals surface area contributed by atoms with Crippen LogP contribution in [0.25, 0.3) is 11.3 Å². The lowest BCUT2D eigenvalue weighted by atomic mass is 10.0. The van der Waals surface area contributed by atoms with Crippen LogP contribution < -0.4 is 4.90 Å². The lowest BCUT2D eigenvalue weighted by Crippen LogP contribution is -2.39. The van der Waals surface area contributed by atoms with Crippen molar-refractivity contribution in [3.63, 3.8) is 0 Å². The van der Waals surface area contributed by atoms with E-state index in [0.29, 0.717) is 50.8 Å². The highest BCUT2D eigenvalue weighted by Gasteiger charge is 2.28. The molecule has 0 saturated carbocycles. The number of morpholine rings is 1. The van der Waals surface area contributed by atoms with Crippen LogP contribution >= 0.6 is 0 Å². The van der Waals surface area contributed by atoms with Crippen LogP contribution in [-0.2, 0) is 16.1 Å². The third kappa shape index (κ3) is 4.35. The van der Waals surface area contributed by atoms with E-state index in [9.17, 15) is 9.18 Å². The summed E-state index contributed by atoms with van der Waals surface area (Å²) in [5.74, 6) is 0.456. The van der Waals surface area contributed by atoms with Crippen molar-refractivity contribution < 1.29 is 18.4 Å². The van der Waals surface area contributed by atoms with Crippen molar-refractivity contribution >= 4 is 11.8 Å². The molecule has 2 aromatic rings. The monoisotopic (exact) mass is 389 g/mol. The van der Waals surface area contributed by atoms with E-state index < -0.39 is 0 Å². The Bertz CT molecular complexity index is 785. The van der Waals surface area contributed by atoms with E-state index >= 15 is 0 Å². The van der Waals surface area contributed by atoms with Gasteiger partial charge in [-0.1, -0.05) is 19.0 Å². The quantitative estimate of drug-likeness (QED) is 0.720. The zero-order chi connectivity index (χ0) is 20.1. The summed E-state index contributed by atoms with van der Waals surface area (Å²) in [5.41, 5.74) is 2.28. The molecular weight excluding hydrogens is 361 g/mol. The lowest BCUT2D eigenvalue weighted by molar-refractivity contribution is -0.133. The number of aromatic nitrogens is 1. The molecule has 3 rings (SSSR count). The van der Waals surface area contributed by atoms with Gasteiger partial charge in [0, 0.05) is 31.1 Å². The number of nitrogens with zero attached hydrogens (tertiary/aromatic N) is 3. The molecule has 0 spiro atoms. The van der Waals surface area contributed by atoms with E-state index in [0.717, 1.165) is 17.5 Å². The summed E-state index contributed by atoms with van der Waals surface area (Å²) in [6.45, 7) is 9.04. The van der Waals surface area contributed by atoms with Crippen LogP contribution in [0.15, 0.2) is 28.8 Å². The first kappa shape index (κ1) is 20.3. The second-order valence-corrected chi connectivity index (χ2v) is 7.05. The third-order valence-corrected chi connectivity index (χ3v) is 5.26. The normalized spacial score (nSPS) is 15.5. The minimum Gasteiger partial charge on any atom is -0.378 e. The highest BCUT2D eigenvalue weighted by Crippen LogP contribution is 2.33. The summed E-state index contributed by atoms with van der Waals surface area (Å²) in [7, 11) is 0. The molecule has 0 N–H and O–H groups in total. The fourth-order valence-electron chi connectivity index (χ4n) is 3.38. The van der Waals surface area contributed by atoms with Crippen molar-refractivity contribution in [2.45, 2.75) is 46.2 Å². The van der Waals surface area contributed by atoms with E-state index in [1.54, 1.807) is 12.1 Å². The van der Waals surface area contributed by atoms with Crippen molar-refractivity contribution in [1.29, 1.82) is 0 Å². The molecule has 7 heteroatoms. The van der Waals surface area contributed by atoms with Crippen molar-refractivity contribution in [1.82, 2.24) is 10.1 Å². The molecular formula is C21H28FN3O3. The molecule has 28 heavy (non-hydrogen) atoms. The minimum atomic E-state index is -0.301. The topological polar surface area (TPSA) is 58.8 Å². The maximum atomic E-state index is 13.4. The molecule has 1 aromatic carbocycles. The summed E-state index contributed by atoms with van der Waals surface area (Å²) < 4.78 is 24.6. The van der Waals surface area contributed by atoms with E-state index in [4.69, 9.17) is 9.26 Å². The molecule has 1 unspecified atom stereocenters. The van der Waals surface area contributed by atoms with Crippen molar-refractivity contribution in [3.8, 4) is 11.3 Å². The third-order valence-electron chi connectivity index (χ3n) is 5.26. The molecule has 1 aromatic heterocycles. The highest BCUT2D eigenvalue weighted by molar-refractivity contribution is 5.77. The fraction of sp³-hybridized carbons (Fsp3) is 0.524. The fourth-order valence-corrected chi connectivity index (χ4v) is 3.38. The summed E-state index contributed by atoms with van der Waals surface area (Å²) in [4.78, 5) is 16.6. The zero-order valence-electron chi connectivity index (χ0n) is 16.8. The van der Waals surface area contributed by atoms with Crippen LogP contribution in [-0.4, -0.2) is 48.3 Å². The molecule has 0 bridgehead atoms. The van der Waals surface area contributed by atoms with Gasteiger partial charge in [0.05, 0.1) is 25.3 Å². The van der Waals surface area contributed by atoms with Crippen molar-refractivity contribution in [3.05, 3.63) is 35.6 Å². The Hall–Kier alpha value is -2.41. The number of hydrogen-bond acceptors (Lipinski definition) is 5. The average molecular weight is 389 g/mol. The van der Waals surface area contributed by atoms with E-state index in [1.165, 1.54) is 12.1 Å². The highest BCUT2D eigenvalue weighted by atomic mass is 19.1. The first-order chi connectivity index (χ1) is 13.5. The van der Waals surface area contributed by atoms with Crippen LogP contribution in [0.4, 0.5) is 10.3 Å². The number of amides is 1. The van der Waals surface area contributed by atoms with E-state index in [2.05, 4.69) is 17.0 Å². The van der Waals surface area contributed by atoms with Gasteiger partial charge in [-0.3, -0.25) is 4.79 Å². The Morgan fingerprint density at radius 1 is 1.25 bits per heavy atom. The average Bonchev–Trinajstić information content (AvgIpc) is 3.15. The zero-order valence-corrected chi connectivity index (χ0v) is 16.8. The van der Waals surface area contributed by atoms with Gasteiger partial charge in [0.2, 0.25) is 11.8 Å². The van der Waals surface area contributed by atoms with Gasteiger partial charge < -0.3 is 19.1 Å². The first-order valence-electron chi connectivity index (χ1n) is 9.91. The Labute approximate surface area is 165 Å². The van der Waals surface area contributed by atoms with Crippen LogP contribution in [0.3, 0.4) is 0 Å². The summed E-state index contributed by atoms with van der Waals surface area (Å²) in [6.07, 6.45) is 1.30. The predicted octanol–water partition coefficient (Wildman–Crippen LogP) is 3.85. The maximum Gasteiger partial charge on any atom is 0.233 e. The van der Waals surface area contributed by atoms with Gasteiger partial charge in [-0.15, -0.1) is 0 Å². The Morgan fingerprint density at radius 3 is 2.54 bits per heavy atom. The maximum absolute atomic E-state index is 13.4. The van der Waals surface area contributed by atoms with Gasteiger partial charge >= 0.3 is 0 Å². The molecule has 1 aliphatic rings. The molecule has 1 atom stereocenters. The number of ether oxygens (including phenoxy) is 1. The van der Waals surface area contributed by atoms with Gasteiger partial charge in [-0.05, 0) is 37.6 Å². The number of halogens is 1. The number of hydrogen-bond donors (Lipinski definition) is 0. The van der Waals surface area contributed by atoms with Crippen LogP contribution in [0.2, 0.25) is 0 Å². The number of anilines is 1. The van der Waals surface area contributed by atoms with Gasteiger partial charge in [0.25, 0.3) is 0 Å². The molecule has 6 nitrogen and oxygen atoms in total. The molecule has 0 radical (unpaired) electrons. The largest absolute Gasteiger partial charge is 0.378 e. The summed E-state index contributed by atoms with van der Waals surface area (Å²) >= 11 is 0. The Kier molecular flexibility index (Phi) is 6.67. The lowest BCUT2D eigenvalue weighted by Gasteiger charge is -2.31. The van der Waals surface area contributed by atoms with Crippen LogP contribution in [0, 0.1) is 5.82 Å². The number of carbonyl (C=O) groups excluding carboxylic acids is 1. The van der Waals surface area contributed by atoms with Gasteiger partial charge in [-0.2, -0.15) is 0 Å². The first-order valence-corrected chi connectivity index (χ1v) is 9.91. The minimum absolute atomic E-state index is 0.0912. The van der Waals surface area contributed by atoms with E-state index in [1.807, 2.05) is 18.7 Å². The number of benzene rings is 1. The second kappa shape index (κ2) is 9.19. The van der Waals surface area contributed by atoms with E-state index in [-0.39, 0.29) is 17.8 Å².